The van der Waals surface area contributed by atoms with Crippen molar-refractivity contribution in [1.29, 1.82) is 0 Å². The van der Waals surface area contributed by atoms with Crippen LogP contribution in [0.5, 0.6) is 0 Å². The standard InChI is InChI=1S/C13H20O2/c1-15-13(14)11-7-3-6-10-12-8-4-2-5-9-12/h12H,2-5,7-9,11H2,1H3. The molecule has 1 aliphatic carbocycles. The fourth-order valence-electron chi connectivity index (χ4n) is 1.89. The van der Waals surface area contributed by atoms with Crippen LogP contribution in [0, 0.1) is 17.8 Å². The lowest BCUT2D eigenvalue weighted by molar-refractivity contribution is -0.140. The molecule has 1 fully saturated rings. The van der Waals surface area contributed by atoms with E-state index in [1.807, 2.05) is 0 Å². The monoisotopic (exact) mass is 208 g/mol. The van der Waals surface area contributed by atoms with E-state index in [-0.39, 0.29) is 5.97 Å². The Labute approximate surface area is 92.4 Å². The van der Waals surface area contributed by atoms with Crippen molar-refractivity contribution in [1.82, 2.24) is 0 Å². The minimum atomic E-state index is -0.130. The van der Waals surface area contributed by atoms with Gasteiger partial charge in [-0.05, 0) is 19.3 Å². The van der Waals surface area contributed by atoms with Crippen molar-refractivity contribution in [2.75, 3.05) is 7.11 Å². The highest BCUT2D eigenvalue weighted by Crippen LogP contribution is 2.22. The Bertz CT molecular complexity index is 241. The number of carbonyl (C=O) groups is 1. The van der Waals surface area contributed by atoms with Gasteiger partial charge in [0.2, 0.25) is 0 Å². The highest BCUT2D eigenvalue weighted by molar-refractivity contribution is 5.69. The van der Waals surface area contributed by atoms with Gasteiger partial charge >= 0.3 is 5.97 Å². The number of methoxy groups -OCH3 is 1. The van der Waals surface area contributed by atoms with Crippen LogP contribution >= 0.6 is 0 Å². The Morgan fingerprint density at radius 1 is 1.33 bits per heavy atom. The van der Waals surface area contributed by atoms with Gasteiger partial charge in [-0.1, -0.05) is 25.2 Å². The maximum absolute atomic E-state index is 10.8. The van der Waals surface area contributed by atoms with Crippen LogP contribution in [0.1, 0.15) is 51.4 Å². The molecular weight excluding hydrogens is 188 g/mol. The second-order valence-corrected chi connectivity index (χ2v) is 4.09. The first kappa shape index (κ1) is 12.1. The molecule has 1 rings (SSSR count). The van der Waals surface area contributed by atoms with Crippen LogP contribution in [0.2, 0.25) is 0 Å². The maximum atomic E-state index is 10.8. The van der Waals surface area contributed by atoms with Gasteiger partial charge in [0.25, 0.3) is 0 Å². The second-order valence-electron chi connectivity index (χ2n) is 4.09. The van der Waals surface area contributed by atoms with Crippen LogP contribution in [-0.4, -0.2) is 13.1 Å². The topological polar surface area (TPSA) is 26.3 Å². The number of carbonyl (C=O) groups excluding carboxylic acids is 1. The van der Waals surface area contributed by atoms with Crippen molar-refractivity contribution in [2.24, 2.45) is 5.92 Å². The van der Waals surface area contributed by atoms with Gasteiger partial charge in [-0.3, -0.25) is 4.79 Å². The molecular formula is C13H20O2. The summed E-state index contributed by atoms with van der Waals surface area (Å²) in [6, 6.07) is 0. The lowest BCUT2D eigenvalue weighted by Gasteiger charge is -2.15. The SMILES string of the molecule is COC(=O)CCCC#CC1CCCCC1. The molecule has 0 radical (unpaired) electrons. The number of unbranched alkanes of at least 4 members (excludes halogenated alkanes) is 1. The van der Waals surface area contributed by atoms with E-state index in [1.165, 1.54) is 39.2 Å². The smallest absolute Gasteiger partial charge is 0.305 e. The van der Waals surface area contributed by atoms with Gasteiger partial charge in [-0.2, -0.15) is 0 Å². The third-order valence-corrected chi connectivity index (χ3v) is 2.82. The van der Waals surface area contributed by atoms with Crippen LogP contribution in [-0.2, 0) is 9.53 Å². The van der Waals surface area contributed by atoms with Crippen LogP contribution in [0.25, 0.3) is 0 Å². The summed E-state index contributed by atoms with van der Waals surface area (Å²) < 4.78 is 4.56. The number of hydrogen-bond donors (Lipinski definition) is 0. The van der Waals surface area contributed by atoms with Gasteiger partial charge < -0.3 is 4.74 Å². The summed E-state index contributed by atoms with van der Waals surface area (Å²) in [6.45, 7) is 0. The summed E-state index contributed by atoms with van der Waals surface area (Å²) in [7, 11) is 1.43. The Kier molecular flexibility index (Phi) is 5.92. The molecule has 0 aliphatic heterocycles. The predicted octanol–water partition coefficient (Wildman–Crippen LogP) is 2.91. The van der Waals surface area contributed by atoms with E-state index in [1.54, 1.807) is 0 Å². The normalized spacial score (nSPS) is 16.6. The van der Waals surface area contributed by atoms with Gasteiger partial charge in [0.1, 0.15) is 0 Å². The third kappa shape index (κ3) is 5.47. The molecule has 0 bridgehead atoms. The zero-order valence-electron chi connectivity index (χ0n) is 9.55. The largest absolute Gasteiger partial charge is 0.469 e. The van der Waals surface area contributed by atoms with E-state index in [0.29, 0.717) is 12.3 Å². The summed E-state index contributed by atoms with van der Waals surface area (Å²) >= 11 is 0. The van der Waals surface area contributed by atoms with Crippen molar-refractivity contribution >= 4 is 5.97 Å². The number of ether oxygens (including phenoxy) is 1. The minimum Gasteiger partial charge on any atom is -0.469 e. The average molecular weight is 208 g/mol. The summed E-state index contributed by atoms with van der Waals surface area (Å²) in [5.74, 6) is 6.98. The minimum absolute atomic E-state index is 0.130. The van der Waals surface area contributed by atoms with Crippen molar-refractivity contribution in [2.45, 2.75) is 51.4 Å². The lowest BCUT2D eigenvalue weighted by Crippen LogP contribution is -2.03. The maximum Gasteiger partial charge on any atom is 0.305 e. The molecule has 0 heterocycles. The molecule has 0 unspecified atom stereocenters. The number of hydrogen-bond acceptors (Lipinski definition) is 2. The van der Waals surface area contributed by atoms with Gasteiger partial charge in [-0.25, -0.2) is 0 Å². The van der Waals surface area contributed by atoms with E-state index in [9.17, 15) is 4.79 Å². The van der Waals surface area contributed by atoms with Crippen molar-refractivity contribution in [3.8, 4) is 11.8 Å². The van der Waals surface area contributed by atoms with E-state index in [0.717, 1.165) is 12.8 Å². The summed E-state index contributed by atoms with van der Waals surface area (Å²) in [5.41, 5.74) is 0. The first-order valence-electron chi connectivity index (χ1n) is 5.88. The zero-order valence-corrected chi connectivity index (χ0v) is 9.55. The fourth-order valence-corrected chi connectivity index (χ4v) is 1.89. The highest BCUT2D eigenvalue weighted by Gasteiger charge is 2.09. The number of esters is 1. The Balaban J connectivity index is 2.07. The number of rotatable bonds is 3. The van der Waals surface area contributed by atoms with Crippen LogP contribution < -0.4 is 0 Å². The second kappa shape index (κ2) is 7.34. The van der Waals surface area contributed by atoms with Crippen LogP contribution in [0.15, 0.2) is 0 Å². The van der Waals surface area contributed by atoms with Crippen LogP contribution in [0.3, 0.4) is 0 Å². The molecule has 2 nitrogen and oxygen atoms in total. The first-order chi connectivity index (χ1) is 7.33. The molecule has 1 aliphatic rings. The van der Waals surface area contributed by atoms with Gasteiger partial charge in [0, 0.05) is 18.8 Å². The summed E-state index contributed by atoms with van der Waals surface area (Å²) in [6.07, 6.45) is 8.73. The van der Waals surface area contributed by atoms with E-state index in [2.05, 4.69) is 16.6 Å². The molecule has 2 heteroatoms. The van der Waals surface area contributed by atoms with Crippen molar-refractivity contribution in [3.63, 3.8) is 0 Å². The molecule has 0 aromatic carbocycles. The molecule has 0 saturated heterocycles. The van der Waals surface area contributed by atoms with Gasteiger partial charge in [0.05, 0.1) is 7.11 Å². The summed E-state index contributed by atoms with van der Waals surface area (Å²) in [5, 5.41) is 0. The Morgan fingerprint density at radius 3 is 2.73 bits per heavy atom. The molecule has 0 atom stereocenters. The molecule has 0 aromatic rings. The van der Waals surface area contributed by atoms with E-state index in [4.69, 9.17) is 0 Å². The van der Waals surface area contributed by atoms with E-state index >= 15 is 0 Å². The Hall–Kier alpha value is -0.970. The predicted molar refractivity (Wildman–Crippen MR) is 60.2 cm³/mol. The molecule has 1 saturated carbocycles. The van der Waals surface area contributed by atoms with Crippen molar-refractivity contribution in [3.05, 3.63) is 0 Å². The molecule has 0 N–H and O–H groups in total. The fraction of sp³-hybridized carbons (Fsp3) is 0.769. The zero-order chi connectivity index (χ0) is 10.9. The molecule has 0 aromatic heterocycles. The molecule has 0 amide bonds. The quantitative estimate of drug-likeness (QED) is 0.405. The average Bonchev–Trinajstić information content (AvgIpc) is 2.29. The first-order valence-corrected chi connectivity index (χ1v) is 5.88. The van der Waals surface area contributed by atoms with Gasteiger partial charge in [0.15, 0.2) is 0 Å². The van der Waals surface area contributed by atoms with Gasteiger partial charge in [-0.15, -0.1) is 5.92 Å². The summed E-state index contributed by atoms with van der Waals surface area (Å²) in [4.78, 5) is 10.8. The van der Waals surface area contributed by atoms with Crippen molar-refractivity contribution < 1.29 is 9.53 Å². The molecule has 0 spiro atoms. The van der Waals surface area contributed by atoms with Crippen LogP contribution in [0.4, 0.5) is 0 Å². The third-order valence-electron chi connectivity index (χ3n) is 2.82. The van der Waals surface area contributed by atoms with E-state index < -0.39 is 0 Å². The highest BCUT2D eigenvalue weighted by atomic mass is 16.5. The lowest BCUT2D eigenvalue weighted by atomic mass is 9.90. The Morgan fingerprint density at radius 2 is 2.07 bits per heavy atom. The molecule has 84 valence electrons. The molecule has 15 heavy (non-hydrogen) atoms.